The molecule has 0 fully saturated rings. The van der Waals surface area contributed by atoms with Crippen LogP contribution >= 0.6 is 0 Å². The van der Waals surface area contributed by atoms with Gasteiger partial charge in [-0.15, -0.1) is 0 Å². The van der Waals surface area contributed by atoms with Gasteiger partial charge in [0.15, 0.2) is 5.78 Å². The zero-order valence-electron chi connectivity index (χ0n) is 21.9. The normalized spacial score (nSPS) is 12.9. The fourth-order valence-electron chi connectivity index (χ4n) is 3.86. The molecule has 2 amide bonds. The number of amides is 2. The van der Waals surface area contributed by atoms with Gasteiger partial charge in [-0.1, -0.05) is 55.8 Å². The quantitative estimate of drug-likeness (QED) is 0.434. The van der Waals surface area contributed by atoms with Gasteiger partial charge in [-0.05, 0) is 51.3 Å². The number of hydrogen-bond donors (Lipinski definition) is 1. The van der Waals surface area contributed by atoms with Gasteiger partial charge < -0.3 is 10.2 Å². The SMILES string of the molecule is CC[C@@H](C)NC(=O)[C@@H](CC)N(Cc1cccc(C)c1)C(=O)CN(c1cccc(C(C)=O)c1)S(C)(=O)=O. The predicted octanol–water partition coefficient (Wildman–Crippen LogP) is 3.69. The van der Waals surface area contributed by atoms with E-state index in [1.807, 2.05) is 52.0 Å². The fourth-order valence-corrected chi connectivity index (χ4v) is 4.70. The summed E-state index contributed by atoms with van der Waals surface area (Å²) in [6.07, 6.45) is 2.11. The summed E-state index contributed by atoms with van der Waals surface area (Å²) in [6, 6.07) is 12.9. The van der Waals surface area contributed by atoms with E-state index in [0.29, 0.717) is 12.0 Å². The number of benzene rings is 2. The Bertz CT molecular complexity index is 1200. The summed E-state index contributed by atoms with van der Waals surface area (Å²) >= 11 is 0. The van der Waals surface area contributed by atoms with Crippen LogP contribution in [0.1, 0.15) is 62.0 Å². The Kier molecular flexibility index (Phi) is 10.2. The van der Waals surface area contributed by atoms with Crippen molar-refractivity contribution >= 4 is 33.3 Å². The van der Waals surface area contributed by atoms with Crippen molar-refractivity contribution in [2.24, 2.45) is 0 Å². The number of anilines is 1. The van der Waals surface area contributed by atoms with E-state index in [2.05, 4.69) is 5.32 Å². The number of rotatable bonds is 12. The van der Waals surface area contributed by atoms with Gasteiger partial charge in [-0.2, -0.15) is 0 Å². The van der Waals surface area contributed by atoms with Crippen molar-refractivity contribution in [1.29, 1.82) is 0 Å². The second-order valence-corrected chi connectivity index (χ2v) is 11.0. The third kappa shape index (κ3) is 7.91. The molecule has 0 aromatic heterocycles. The Labute approximate surface area is 214 Å². The van der Waals surface area contributed by atoms with Crippen LogP contribution in [-0.4, -0.2) is 55.8 Å². The average Bonchev–Trinajstić information content (AvgIpc) is 2.81. The summed E-state index contributed by atoms with van der Waals surface area (Å²) in [5.41, 5.74) is 2.40. The van der Waals surface area contributed by atoms with Crippen LogP contribution in [0.2, 0.25) is 0 Å². The zero-order valence-corrected chi connectivity index (χ0v) is 22.8. The highest BCUT2D eigenvalue weighted by Gasteiger charge is 2.32. The second kappa shape index (κ2) is 12.7. The number of Topliss-reactive ketones (excluding diaryl/α,β-unsaturated/α-hetero) is 1. The van der Waals surface area contributed by atoms with Crippen LogP contribution in [-0.2, 0) is 26.2 Å². The first-order valence-corrected chi connectivity index (χ1v) is 14.0. The van der Waals surface area contributed by atoms with Crippen LogP contribution in [0.25, 0.3) is 0 Å². The molecule has 2 aromatic rings. The molecule has 0 unspecified atom stereocenters. The molecule has 0 heterocycles. The molecule has 2 rings (SSSR count). The Hall–Kier alpha value is -3.20. The molecule has 2 atom stereocenters. The van der Waals surface area contributed by atoms with E-state index >= 15 is 0 Å². The number of ketones is 1. The minimum absolute atomic E-state index is 0.0655. The van der Waals surface area contributed by atoms with E-state index in [-0.39, 0.29) is 30.0 Å². The van der Waals surface area contributed by atoms with Crippen LogP contribution in [0, 0.1) is 6.92 Å². The Morgan fingerprint density at radius 2 is 1.67 bits per heavy atom. The van der Waals surface area contributed by atoms with Crippen LogP contribution in [0.4, 0.5) is 5.69 Å². The van der Waals surface area contributed by atoms with Crippen molar-refractivity contribution in [3.05, 3.63) is 65.2 Å². The van der Waals surface area contributed by atoms with E-state index in [1.54, 1.807) is 18.2 Å². The van der Waals surface area contributed by atoms with E-state index < -0.39 is 28.5 Å². The number of nitrogens with one attached hydrogen (secondary N) is 1. The van der Waals surface area contributed by atoms with E-state index in [4.69, 9.17) is 0 Å². The molecule has 0 aliphatic carbocycles. The van der Waals surface area contributed by atoms with Gasteiger partial charge in [0.25, 0.3) is 0 Å². The summed E-state index contributed by atoms with van der Waals surface area (Å²) in [5, 5.41) is 2.95. The number of hydrogen-bond acceptors (Lipinski definition) is 5. The average molecular weight is 516 g/mol. The van der Waals surface area contributed by atoms with Crippen molar-refractivity contribution in [2.45, 2.75) is 66.1 Å². The highest BCUT2D eigenvalue weighted by molar-refractivity contribution is 7.92. The maximum atomic E-state index is 13.7. The summed E-state index contributed by atoms with van der Waals surface area (Å²) in [4.78, 5) is 40.2. The minimum Gasteiger partial charge on any atom is -0.352 e. The van der Waals surface area contributed by atoms with Crippen molar-refractivity contribution in [2.75, 3.05) is 17.1 Å². The number of carbonyl (C=O) groups excluding carboxylic acids is 3. The molecule has 196 valence electrons. The smallest absolute Gasteiger partial charge is 0.244 e. The maximum absolute atomic E-state index is 13.7. The molecule has 36 heavy (non-hydrogen) atoms. The van der Waals surface area contributed by atoms with E-state index in [9.17, 15) is 22.8 Å². The van der Waals surface area contributed by atoms with E-state index in [1.165, 1.54) is 17.9 Å². The van der Waals surface area contributed by atoms with Gasteiger partial charge in [0.05, 0.1) is 11.9 Å². The predicted molar refractivity (Wildman–Crippen MR) is 142 cm³/mol. The lowest BCUT2D eigenvalue weighted by molar-refractivity contribution is -0.140. The van der Waals surface area contributed by atoms with Gasteiger partial charge in [-0.25, -0.2) is 8.42 Å². The molecule has 0 saturated carbocycles. The van der Waals surface area contributed by atoms with Gasteiger partial charge in [0.1, 0.15) is 12.6 Å². The molecule has 9 heteroatoms. The zero-order chi connectivity index (χ0) is 27.0. The molecule has 0 saturated heterocycles. The van der Waals surface area contributed by atoms with Crippen molar-refractivity contribution in [3.63, 3.8) is 0 Å². The summed E-state index contributed by atoms with van der Waals surface area (Å²) in [6.45, 7) is 8.65. The Balaban J connectivity index is 2.48. The lowest BCUT2D eigenvalue weighted by Gasteiger charge is -2.33. The molecule has 0 radical (unpaired) electrons. The van der Waals surface area contributed by atoms with Gasteiger partial charge >= 0.3 is 0 Å². The lowest BCUT2D eigenvalue weighted by Crippen LogP contribution is -2.53. The largest absolute Gasteiger partial charge is 0.352 e. The second-order valence-electron chi connectivity index (χ2n) is 9.13. The molecular formula is C27H37N3O5S. The third-order valence-corrected chi connectivity index (χ3v) is 7.18. The van der Waals surface area contributed by atoms with Crippen LogP contribution in [0.5, 0.6) is 0 Å². The summed E-state index contributed by atoms with van der Waals surface area (Å²) in [5.74, 6) is -1.01. The lowest BCUT2D eigenvalue weighted by atomic mass is 10.1. The molecule has 1 N–H and O–H groups in total. The van der Waals surface area contributed by atoms with E-state index in [0.717, 1.165) is 28.1 Å². The Morgan fingerprint density at radius 3 is 2.22 bits per heavy atom. The first kappa shape index (κ1) is 29.0. The van der Waals surface area contributed by atoms with Crippen LogP contribution < -0.4 is 9.62 Å². The van der Waals surface area contributed by atoms with Gasteiger partial charge in [0, 0.05) is 18.2 Å². The molecule has 0 aliphatic heterocycles. The molecule has 8 nitrogen and oxygen atoms in total. The first-order chi connectivity index (χ1) is 16.9. The molecular weight excluding hydrogens is 478 g/mol. The highest BCUT2D eigenvalue weighted by Crippen LogP contribution is 2.21. The molecule has 0 aliphatic rings. The van der Waals surface area contributed by atoms with Crippen LogP contribution in [0.15, 0.2) is 48.5 Å². The third-order valence-electron chi connectivity index (χ3n) is 6.04. The van der Waals surface area contributed by atoms with Crippen molar-refractivity contribution in [1.82, 2.24) is 10.2 Å². The summed E-state index contributed by atoms with van der Waals surface area (Å²) in [7, 11) is -3.87. The number of aryl methyl sites for hydroxylation is 1. The maximum Gasteiger partial charge on any atom is 0.244 e. The topological polar surface area (TPSA) is 104 Å². The monoisotopic (exact) mass is 515 g/mol. The summed E-state index contributed by atoms with van der Waals surface area (Å²) < 4.78 is 26.4. The van der Waals surface area contributed by atoms with Crippen LogP contribution in [0.3, 0.4) is 0 Å². The molecule has 0 spiro atoms. The van der Waals surface area contributed by atoms with Gasteiger partial charge in [0.2, 0.25) is 21.8 Å². The molecule has 0 bridgehead atoms. The fraction of sp³-hybridized carbons (Fsp3) is 0.444. The van der Waals surface area contributed by atoms with Crippen molar-refractivity contribution < 1.29 is 22.8 Å². The standard InChI is InChI=1S/C27H37N3O5S/c1-7-20(4)28-27(33)25(8-2)29(17-22-12-9-11-19(3)15-22)26(32)18-30(36(6,34)35)24-14-10-13-23(16-24)21(5)31/h9-16,20,25H,7-8,17-18H2,1-6H3,(H,28,33)/t20-,25-/m1/s1. The Morgan fingerprint density at radius 1 is 1.00 bits per heavy atom. The number of carbonyl (C=O) groups is 3. The van der Waals surface area contributed by atoms with Crippen molar-refractivity contribution in [3.8, 4) is 0 Å². The highest BCUT2D eigenvalue weighted by atomic mass is 32.2. The molecule has 2 aromatic carbocycles. The van der Waals surface area contributed by atoms with Gasteiger partial charge in [-0.3, -0.25) is 18.7 Å². The first-order valence-electron chi connectivity index (χ1n) is 12.1. The number of nitrogens with zero attached hydrogens (tertiary/aromatic N) is 2. The minimum atomic E-state index is -3.87. The number of sulfonamides is 1.